The van der Waals surface area contributed by atoms with Crippen molar-refractivity contribution in [1.82, 2.24) is 4.57 Å². The SMILES string of the molecule is Cc1ccc(N(C)c2cccc(-n3c4ccccc4c4ccccc43)c2)cc1. The number of hydrogen-bond acceptors (Lipinski definition) is 1. The Kier molecular flexibility index (Phi) is 3.91. The number of hydrogen-bond donors (Lipinski definition) is 0. The van der Waals surface area contributed by atoms with Gasteiger partial charge in [0.15, 0.2) is 0 Å². The Labute approximate surface area is 165 Å². The molecule has 2 nitrogen and oxygen atoms in total. The zero-order valence-corrected chi connectivity index (χ0v) is 16.1. The van der Waals surface area contributed by atoms with Crippen LogP contribution >= 0.6 is 0 Å². The largest absolute Gasteiger partial charge is 0.345 e. The molecule has 0 aliphatic heterocycles. The van der Waals surface area contributed by atoms with Gasteiger partial charge < -0.3 is 9.47 Å². The molecule has 0 aliphatic rings. The fraction of sp³-hybridized carbons (Fsp3) is 0.0769. The van der Waals surface area contributed by atoms with Gasteiger partial charge in [0, 0.05) is 34.9 Å². The highest BCUT2D eigenvalue weighted by molar-refractivity contribution is 6.09. The number of anilines is 2. The summed E-state index contributed by atoms with van der Waals surface area (Å²) in [4.78, 5) is 2.23. The molecule has 0 saturated carbocycles. The van der Waals surface area contributed by atoms with Crippen LogP contribution in [0, 0.1) is 6.92 Å². The lowest BCUT2D eigenvalue weighted by atomic mass is 10.2. The molecule has 2 heteroatoms. The van der Waals surface area contributed by atoms with Crippen molar-refractivity contribution in [1.29, 1.82) is 0 Å². The molecule has 0 radical (unpaired) electrons. The first-order valence-electron chi connectivity index (χ1n) is 9.61. The molecule has 5 aromatic rings. The lowest BCUT2D eigenvalue weighted by molar-refractivity contribution is 1.15. The highest BCUT2D eigenvalue weighted by Gasteiger charge is 2.12. The number of rotatable bonds is 3. The van der Waals surface area contributed by atoms with Gasteiger partial charge in [-0.05, 0) is 49.4 Å². The Morgan fingerprint density at radius 1 is 0.607 bits per heavy atom. The summed E-state index contributed by atoms with van der Waals surface area (Å²) in [6, 6.07) is 34.7. The van der Waals surface area contributed by atoms with Gasteiger partial charge in [-0.1, -0.05) is 60.2 Å². The molecular formula is C26H22N2. The highest BCUT2D eigenvalue weighted by Crippen LogP contribution is 2.33. The third kappa shape index (κ3) is 2.66. The van der Waals surface area contributed by atoms with Crippen molar-refractivity contribution in [3.8, 4) is 5.69 Å². The summed E-state index contributed by atoms with van der Waals surface area (Å²) in [6.07, 6.45) is 0. The predicted molar refractivity (Wildman–Crippen MR) is 120 cm³/mol. The normalized spacial score (nSPS) is 11.2. The zero-order chi connectivity index (χ0) is 19.1. The second-order valence-electron chi connectivity index (χ2n) is 7.28. The minimum atomic E-state index is 1.17. The number of fused-ring (bicyclic) bond motifs is 3. The van der Waals surface area contributed by atoms with Crippen LogP contribution in [0.15, 0.2) is 97.1 Å². The van der Waals surface area contributed by atoms with Gasteiger partial charge in [-0.3, -0.25) is 0 Å². The average Bonchev–Trinajstić information content (AvgIpc) is 3.08. The van der Waals surface area contributed by atoms with Crippen LogP contribution in [0.3, 0.4) is 0 Å². The van der Waals surface area contributed by atoms with Crippen molar-refractivity contribution in [2.75, 3.05) is 11.9 Å². The first-order chi connectivity index (χ1) is 13.7. The minimum absolute atomic E-state index is 1.17. The third-order valence-corrected chi connectivity index (χ3v) is 5.48. The van der Waals surface area contributed by atoms with E-state index in [1.165, 1.54) is 44.4 Å². The van der Waals surface area contributed by atoms with Crippen molar-refractivity contribution >= 4 is 33.2 Å². The molecule has 0 atom stereocenters. The van der Waals surface area contributed by atoms with E-state index < -0.39 is 0 Å². The van der Waals surface area contributed by atoms with Crippen LogP contribution < -0.4 is 4.90 Å². The average molecular weight is 362 g/mol. The Morgan fingerprint density at radius 3 is 1.86 bits per heavy atom. The van der Waals surface area contributed by atoms with E-state index in [9.17, 15) is 0 Å². The van der Waals surface area contributed by atoms with Crippen LogP contribution in [0.1, 0.15) is 5.56 Å². The fourth-order valence-corrected chi connectivity index (χ4v) is 3.96. The van der Waals surface area contributed by atoms with E-state index in [-0.39, 0.29) is 0 Å². The van der Waals surface area contributed by atoms with Gasteiger partial charge in [-0.2, -0.15) is 0 Å². The molecule has 0 spiro atoms. The second kappa shape index (κ2) is 6.58. The van der Waals surface area contributed by atoms with E-state index >= 15 is 0 Å². The number of nitrogens with zero attached hydrogens (tertiary/aromatic N) is 2. The monoisotopic (exact) mass is 362 g/mol. The minimum Gasteiger partial charge on any atom is -0.345 e. The maximum atomic E-state index is 2.36. The van der Waals surface area contributed by atoms with Gasteiger partial charge in [-0.25, -0.2) is 0 Å². The van der Waals surface area contributed by atoms with Gasteiger partial charge >= 0.3 is 0 Å². The topological polar surface area (TPSA) is 8.17 Å². The van der Waals surface area contributed by atoms with Crippen molar-refractivity contribution in [2.45, 2.75) is 6.92 Å². The maximum absolute atomic E-state index is 2.36. The van der Waals surface area contributed by atoms with Crippen molar-refractivity contribution in [3.63, 3.8) is 0 Å². The molecule has 0 saturated heterocycles. The standard InChI is InChI=1S/C26H22N2/c1-19-14-16-20(17-15-19)27(2)21-8-7-9-22(18-21)28-25-12-5-3-10-23(25)24-11-4-6-13-26(24)28/h3-18H,1-2H3. The first-order valence-corrected chi connectivity index (χ1v) is 9.61. The van der Waals surface area contributed by atoms with E-state index in [0.717, 1.165) is 0 Å². The molecule has 136 valence electrons. The quantitative estimate of drug-likeness (QED) is 0.340. The third-order valence-electron chi connectivity index (χ3n) is 5.48. The van der Waals surface area contributed by atoms with E-state index in [2.05, 4.69) is 121 Å². The van der Waals surface area contributed by atoms with Crippen molar-refractivity contribution in [2.24, 2.45) is 0 Å². The number of para-hydroxylation sites is 2. The maximum Gasteiger partial charge on any atom is 0.0541 e. The van der Waals surface area contributed by atoms with E-state index in [1.807, 2.05) is 0 Å². The van der Waals surface area contributed by atoms with Crippen LogP contribution in [0.4, 0.5) is 11.4 Å². The summed E-state index contributed by atoms with van der Waals surface area (Å²) in [5.41, 5.74) is 7.27. The Balaban J connectivity index is 1.68. The fourth-order valence-electron chi connectivity index (χ4n) is 3.96. The summed E-state index contributed by atoms with van der Waals surface area (Å²) in [5, 5.41) is 2.57. The van der Waals surface area contributed by atoms with Gasteiger partial charge in [0.25, 0.3) is 0 Å². The molecule has 1 aromatic heterocycles. The van der Waals surface area contributed by atoms with Gasteiger partial charge in [0.2, 0.25) is 0 Å². The molecule has 0 bridgehead atoms. The van der Waals surface area contributed by atoms with Crippen molar-refractivity contribution < 1.29 is 0 Å². The molecule has 1 heterocycles. The van der Waals surface area contributed by atoms with Crippen LogP contribution in [0.5, 0.6) is 0 Å². The Morgan fingerprint density at radius 2 is 1.21 bits per heavy atom. The molecule has 4 aromatic carbocycles. The summed E-state index contributed by atoms with van der Waals surface area (Å²) < 4.78 is 2.36. The highest BCUT2D eigenvalue weighted by atomic mass is 15.1. The smallest absolute Gasteiger partial charge is 0.0541 e. The lowest BCUT2D eigenvalue weighted by Gasteiger charge is -2.21. The first kappa shape index (κ1) is 16.6. The lowest BCUT2D eigenvalue weighted by Crippen LogP contribution is -2.09. The summed E-state index contributed by atoms with van der Waals surface area (Å²) in [6.45, 7) is 2.12. The van der Waals surface area contributed by atoms with Crippen LogP contribution in [0.25, 0.3) is 27.5 Å². The predicted octanol–water partition coefficient (Wildman–Crippen LogP) is 6.86. The molecule has 0 fully saturated rings. The molecule has 0 aliphatic carbocycles. The zero-order valence-electron chi connectivity index (χ0n) is 16.1. The van der Waals surface area contributed by atoms with Crippen LogP contribution in [0.2, 0.25) is 0 Å². The number of aromatic nitrogens is 1. The Hall–Kier alpha value is -3.52. The summed E-state index contributed by atoms with van der Waals surface area (Å²) in [5.74, 6) is 0. The summed E-state index contributed by atoms with van der Waals surface area (Å²) in [7, 11) is 2.12. The van der Waals surface area contributed by atoms with E-state index in [4.69, 9.17) is 0 Å². The second-order valence-corrected chi connectivity index (χ2v) is 7.28. The molecule has 0 N–H and O–H groups in total. The van der Waals surface area contributed by atoms with Crippen LogP contribution in [-0.4, -0.2) is 11.6 Å². The van der Waals surface area contributed by atoms with Gasteiger partial charge in [-0.15, -0.1) is 0 Å². The van der Waals surface area contributed by atoms with Gasteiger partial charge in [0.1, 0.15) is 0 Å². The van der Waals surface area contributed by atoms with Crippen molar-refractivity contribution in [3.05, 3.63) is 103 Å². The van der Waals surface area contributed by atoms with Crippen LogP contribution in [-0.2, 0) is 0 Å². The Bertz CT molecular complexity index is 1230. The van der Waals surface area contributed by atoms with E-state index in [0.29, 0.717) is 0 Å². The van der Waals surface area contributed by atoms with E-state index in [1.54, 1.807) is 0 Å². The molecule has 0 amide bonds. The molecular weight excluding hydrogens is 340 g/mol. The van der Waals surface area contributed by atoms with Gasteiger partial charge in [0.05, 0.1) is 11.0 Å². The number of benzene rings is 4. The summed E-state index contributed by atoms with van der Waals surface area (Å²) >= 11 is 0. The molecule has 0 unspecified atom stereocenters. The molecule has 5 rings (SSSR count). The number of aryl methyl sites for hydroxylation is 1. The molecule has 28 heavy (non-hydrogen) atoms.